The molecule has 0 radical (unpaired) electrons. The number of rotatable bonds is 7. The number of carbonyl (C=O) groups is 1. The predicted molar refractivity (Wildman–Crippen MR) is 145 cm³/mol. The van der Waals surface area contributed by atoms with Crippen LogP contribution < -0.4 is 21.3 Å². The van der Waals surface area contributed by atoms with Gasteiger partial charge in [-0.1, -0.05) is 0 Å². The van der Waals surface area contributed by atoms with Crippen molar-refractivity contribution in [1.29, 1.82) is 0 Å². The molecule has 11 nitrogen and oxygen atoms in total. The van der Waals surface area contributed by atoms with E-state index in [1.54, 1.807) is 67.5 Å². The first-order chi connectivity index (χ1) is 19.2. The summed E-state index contributed by atoms with van der Waals surface area (Å²) < 4.78 is 23.0. The summed E-state index contributed by atoms with van der Waals surface area (Å²) in [5, 5.41) is 10.9. The molecule has 0 spiro atoms. The summed E-state index contributed by atoms with van der Waals surface area (Å²) in [4.78, 5) is 43.5. The van der Waals surface area contributed by atoms with Crippen LogP contribution >= 0.6 is 0 Å². The molecule has 40 heavy (non-hydrogen) atoms. The van der Waals surface area contributed by atoms with E-state index >= 15 is 0 Å². The van der Waals surface area contributed by atoms with Gasteiger partial charge < -0.3 is 10.1 Å². The third kappa shape index (κ3) is 5.27. The van der Waals surface area contributed by atoms with Crippen LogP contribution in [0.15, 0.2) is 89.0 Å². The molecule has 0 atom stereocenters. The maximum atomic E-state index is 13.4. The number of aryl methyl sites for hydroxylation is 1. The Morgan fingerprint density at radius 2 is 1.73 bits per heavy atom. The van der Waals surface area contributed by atoms with E-state index in [4.69, 9.17) is 4.74 Å². The lowest BCUT2D eigenvalue weighted by molar-refractivity contribution is 0.101. The van der Waals surface area contributed by atoms with Crippen LogP contribution in [0, 0.1) is 5.82 Å². The highest BCUT2D eigenvalue weighted by molar-refractivity contribution is 6.02. The Labute approximate surface area is 227 Å². The summed E-state index contributed by atoms with van der Waals surface area (Å²) in [7, 11) is 1.82. The minimum atomic E-state index is -0.924. The molecule has 0 unspecified atom stereocenters. The molecule has 5 rings (SSSR count). The standard InChI is InChI=1S/C28H24FN7O4/c1-17(2)36-28(39)35(21-8-4-19(29)5-9-21)27(38)25(33-36)26(37)32-20-6-10-22(11-7-20)40-24-12-13-30-15-23(24)18-14-31-34(3)16-18/h4-17H,1-3H3,(H,32,37). The second-order valence-electron chi connectivity index (χ2n) is 9.14. The maximum Gasteiger partial charge on any atom is 0.352 e. The highest BCUT2D eigenvalue weighted by Gasteiger charge is 2.22. The Morgan fingerprint density at radius 3 is 2.38 bits per heavy atom. The number of nitrogens with one attached hydrogen (secondary N) is 1. The number of carbonyl (C=O) groups excluding carboxylic acids is 1. The number of halogens is 1. The molecule has 3 heterocycles. The number of nitrogens with zero attached hydrogens (tertiary/aromatic N) is 6. The Balaban J connectivity index is 1.40. The molecule has 0 fully saturated rings. The van der Waals surface area contributed by atoms with E-state index in [0.29, 0.717) is 17.2 Å². The van der Waals surface area contributed by atoms with Crippen molar-refractivity contribution in [2.75, 3.05) is 5.32 Å². The number of amides is 1. The third-order valence-corrected chi connectivity index (χ3v) is 5.93. The van der Waals surface area contributed by atoms with Gasteiger partial charge in [-0.2, -0.15) is 10.2 Å². The Hall–Kier alpha value is -5.39. The lowest BCUT2D eigenvalue weighted by atomic mass is 10.1. The van der Waals surface area contributed by atoms with Crippen LogP contribution in [0.5, 0.6) is 11.5 Å². The molecule has 0 saturated heterocycles. The minimum Gasteiger partial charge on any atom is -0.457 e. The highest BCUT2D eigenvalue weighted by Crippen LogP contribution is 2.32. The first-order valence-corrected chi connectivity index (χ1v) is 12.3. The van der Waals surface area contributed by atoms with Crippen LogP contribution in [-0.4, -0.2) is 35.0 Å². The topological polar surface area (TPSA) is 126 Å². The molecule has 0 aliphatic rings. The number of ether oxygens (including phenoxy) is 1. The molecule has 0 aliphatic heterocycles. The van der Waals surface area contributed by atoms with Gasteiger partial charge in [-0.25, -0.2) is 18.4 Å². The Morgan fingerprint density at radius 1 is 1.00 bits per heavy atom. The summed E-state index contributed by atoms with van der Waals surface area (Å²) >= 11 is 0. The minimum absolute atomic E-state index is 0.116. The van der Waals surface area contributed by atoms with Gasteiger partial charge in [0.05, 0.1) is 17.9 Å². The van der Waals surface area contributed by atoms with Crippen molar-refractivity contribution in [3.05, 3.63) is 112 Å². The number of anilines is 1. The van der Waals surface area contributed by atoms with Crippen LogP contribution in [0.25, 0.3) is 16.8 Å². The summed E-state index contributed by atoms with van der Waals surface area (Å²) in [5.74, 6) is -0.268. The first-order valence-electron chi connectivity index (χ1n) is 12.3. The number of aromatic nitrogens is 6. The van der Waals surface area contributed by atoms with Gasteiger partial charge in [-0.15, -0.1) is 0 Å². The van der Waals surface area contributed by atoms with Gasteiger partial charge in [0.15, 0.2) is 0 Å². The lowest BCUT2D eigenvalue weighted by Crippen LogP contribution is -2.45. The molecule has 1 N–H and O–H groups in total. The van der Waals surface area contributed by atoms with E-state index in [1.165, 1.54) is 12.1 Å². The summed E-state index contributed by atoms with van der Waals surface area (Å²) in [6, 6.07) is 12.6. The fourth-order valence-corrected chi connectivity index (χ4v) is 3.96. The second kappa shape index (κ2) is 10.8. The number of benzene rings is 2. The predicted octanol–water partition coefficient (Wildman–Crippen LogP) is 3.95. The van der Waals surface area contributed by atoms with Gasteiger partial charge in [0, 0.05) is 42.5 Å². The smallest absolute Gasteiger partial charge is 0.352 e. The number of pyridine rings is 1. The zero-order valence-electron chi connectivity index (χ0n) is 21.8. The maximum absolute atomic E-state index is 13.4. The van der Waals surface area contributed by atoms with E-state index in [9.17, 15) is 18.8 Å². The van der Waals surface area contributed by atoms with Crippen LogP contribution in [0.3, 0.4) is 0 Å². The summed E-state index contributed by atoms with van der Waals surface area (Å²) in [6.07, 6.45) is 6.86. The molecule has 5 aromatic rings. The van der Waals surface area contributed by atoms with E-state index in [2.05, 4.69) is 20.5 Å². The van der Waals surface area contributed by atoms with Gasteiger partial charge in [-0.05, 0) is 68.4 Å². The molecular formula is C28H24FN7O4. The number of hydrogen-bond donors (Lipinski definition) is 1. The molecule has 2 aromatic carbocycles. The van der Waals surface area contributed by atoms with Crippen molar-refractivity contribution in [2.45, 2.75) is 19.9 Å². The van der Waals surface area contributed by atoms with E-state index in [0.717, 1.165) is 32.5 Å². The van der Waals surface area contributed by atoms with Gasteiger partial charge in [0.1, 0.15) is 17.3 Å². The number of hydrogen-bond acceptors (Lipinski definition) is 7. The molecule has 3 aromatic heterocycles. The fourth-order valence-electron chi connectivity index (χ4n) is 3.96. The summed E-state index contributed by atoms with van der Waals surface area (Å²) in [5.41, 5.74) is -0.0662. The van der Waals surface area contributed by atoms with E-state index in [-0.39, 0.29) is 5.69 Å². The SMILES string of the molecule is CC(C)n1nc(C(=O)Nc2ccc(Oc3ccncc3-c3cnn(C)c3)cc2)c(=O)n(-c2ccc(F)cc2)c1=O. The van der Waals surface area contributed by atoms with Crippen LogP contribution in [-0.2, 0) is 7.05 Å². The zero-order valence-corrected chi connectivity index (χ0v) is 21.8. The van der Waals surface area contributed by atoms with Crippen molar-refractivity contribution in [3.8, 4) is 28.3 Å². The van der Waals surface area contributed by atoms with Crippen LogP contribution in [0.1, 0.15) is 30.4 Å². The van der Waals surface area contributed by atoms with E-state index < -0.39 is 34.7 Å². The monoisotopic (exact) mass is 541 g/mol. The van der Waals surface area contributed by atoms with Crippen molar-refractivity contribution in [3.63, 3.8) is 0 Å². The summed E-state index contributed by atoms with van der Waals surface area (Å²) in [6.45, 7) is 3.38. The van der Waals surface area contributed by atoms with Crippen molar-refractivity contribution in [2.24, 2.45) is 7.05 Å². The third-order valence-electron chi connectivity index (χ3n) is 5.93. The molecule has 12 heteroatoms. The first kappa shape index (κ1) is 26.2. The van der Waals surface area contributed by atoms with Gasteiger partial charge in [0.2, 0.25) is 5.69 Å². The molecule has 0 aliphatic carbocycles. The van der Waals surface area contributed by atoms with Crippen molar-refractivity contribution < 1.29 is 13.9 Å². The molecule has 202 valence electrons. The Bertz CT molecular complexity index is 1810. The zero-order chi connectivity index (χ0) is 28.4. The fraction of sp³-hybridized carbons (Fsp3) is 0.143. The quantitative estimate of drug-likeness (QED) is 0.331. The van der Waals surface area contributed by atoms with Crippen molar-refractivity contribution >= 4 is 11.6 Å². The lowest BCUT2D eigenvalue weighted by Gasteiger charge is -2.14. The molecule has 1 amide bonds. The normalized spacial score (nSPS) is 11.0. The molecule has 0 saturated carbocycles. The highest BCUT2D eigenvalue weighted by atomic mass is 19.1. The van der Waals surface area contributed by atoms with Crippen LogP contribution in [0.2, 0.25) is 0 Å². The van der Waals surface area contributed by atoms with Crippen molar-refractivity contribution in [1.82, 2.24) is 29.1 Å². The molecular weight excluding hydrogens is 517 g/mol. The average molecular weight is 542 g/mol. The van der Waals surface area contributed by atoms with E-state index in [1.807, 2.05) is 13.2 Å². The Kier molecular flexibility index (Phi) is 7.06. The van der Waals surface area contributed by atoms with Gasteiger partial charge in [0.25, 0.3) is 11.5 Å². The van der Waals surface area contributed by atoms with Gasteiger partial charge in [-0.3, -0.25) is 19.3 Å². The van der Waals surface area contributed by atoms with Crippen LogP contribution in [0.4, 0.5) is 10.1 Å². The second-order valence-corrected chi connectivity index (χ2v) is 9.14. The van der Waals surface area contributed by atoms with Gasteiger partial charge >= 0.3 is 5.69 Å². The average Bonchev–Trinajstić information content (AvgIpc) is 3.37. The molecule has 0 bridgehead atoms. The largest absolute Gasteiger partial charge is 0.457 e.